The minimum atomic E-state index is -3.29. The number of anilines is 1. The molecule has 0 aliphatic carbocycles. The number of aromatic nitrogens is 3. The monoisotopic (exact) mass is 426 g/mol. The van der Waals surface area contributed by atoms with Crippen LogP contribution in [0.5, 0.6) is 5.75 Å². The zero-order chi connectivity index (χ0) is 21.5. The number of fused-ring (bicyclic) bond motifs is 1. The molecule has 0 radical (unpaired) electrons. The third-order valence-corrected chi connectivity index (χ3v) is 5.84. The Hall–Kier alpha value is -3.46. The van der Waals surface area contributed by atoms with Crippen LogP contribution >= 0.6 is 0 Å². The largest absolute Gasteiger partial charge is 0.505 e. The van der Waals surface area contributed by atoms with Crippen molar-refractivity contribution < 1.29 is 17.9 Å². The number of nitrogens with one attached hydrogen (secondary N) is 1. The molecule has 2 aromatic carbocycles. The van der Waals surface area contributed by atoms with Crippen LogP contribution in [0, 0.1) is 12.7 Å². The number of sulfone groups is 1. The number of nitrogens with zero attached hydrogens (tertiary/aromatic N) is 3. The average molecular weight is 426 g/mol. The second-order valence-corrected chi connectivity index (χ2v) is 8.98. The number of phenols is 1. The molecule has 2 aromatic heterocycles. The molecule has 0 atom stereocenters. The lowest BCUT2D eigenvalue weighted by atomic mass is 10.1. The zero-order valence-electron chi connectivity index (χ0n) is 16.3. The number of rotatable bonds is 5. The van der Waals surface area contributed by atoms with Gasteiger partial charge in [0.05, 0.1) is 10.6 Å². The van der Waals surface area contributed by atoms with E-state index in [4.69, 9.17) is 0 Å². The highest BCUT2D eigenvalue weighted by Gasteiger charge is 2.16. The first-order valence-electron chi connectivity index (χ1n) is 9.10. The first-order valence-corrected chi connectivity index (χ1v) is 11.0. The van der Waals surface area contributed by atoms with Gasteiger partial charge < -0.3 is 10.4 Å². The van der Waals surface area contributed by atoms with E-state index in [-0.39, 0.29) is 4.90 Å². The lowest BCUT2D eigenvalue weighted by Gasteiger charge is -2.09. The molecule has 0 aliphatic rings. The van der Waals surface area contributed by atoms with Gasteiger partial charge in [-0.05, 0) is 48.4 Å². The highest BCUT2D eigenvalue weighted by atomic mass is 32.2. The molecule has 9 heteroatoms. The molecule has 2 N–H and O–H groups in total. The molecule has 0 saturated heterocycles. The van der Waals surface area contributed by atoms with E-state index in [1.807, 2.05) is 6.07 Å². The van der Waals surface area contributed by atoms with E-state index in [0.717, 1.165) is 5.56 Å². The molecular weight excluding hydrogens is 407 g/mol. The summed E-state index contributed by atoms with van der Waals surface area (Å²) >= 11 is 0. The van der Waals surface area contributed by atoms with Gasteiger partial charge in [0.1, 0.15) is 5.82 Å². The van der Waals surface area contributed by atoms with Gasteiger partial charge in [0.15, 0.2) is 27.1 Å². The van der Waals surface area contributed by atoms with Crippen LogP contribution in [-0.4, -0.2) is 34.4 Å². The topological polar surface area (TPSA) is 96.6 Å². The Balaban J connectivity index is 1.69. The highest BCUT2D eigenvalue weighted by molar-refractivity contribution is 7.90. The summed E-state index contributed by atoms with van der Waals surface area (Å²) in [5.74, 6) is -0.482. The minimum Gasteiger partial charge on any atom is -0.505 e. The molecule has 0 spiro atoms. The molecule has 0 bridgehead atoms. The van der Waals surface area contributed by atoms with Crippen molar-refractivity contribution in [2.75, 3.05) is 11.6 Å². The smallest absolute Gasteiger partial charge is 0.175 e. The van der Waals surface area contributed by atoms with E-state index >= 15 is 0 Å². The van der Waals surface area contributed by atoms with E-state index < -0.39 is 21.4 Å². The summed E-state index contributed by atoms with van der Waals surface area (Å²) in [6.45, 7) is 2.18. The number of hydrogen-bond acceptors (Lipinski definition) is 6. The lowest BCUT2D eigenvalue weighted by Crippen LogP contribution is -2.06. The fourth-order valence-corrected chi connectivity index (χ4v) is 3.96. The van der Waals surface area contributed by atoms with Gasteiger partial charge in [0.2, 0.25) is 0 Å². The van der Waals surface area contributed by atoms with Crippen molar-refractivity contribution in [3.05, 3.63) is 71.8 Å². The van der Waals surface area contributed by atoms with Gasteiger partial charge >= 0.3 is 0 Å². The van der Waals surface area contributed by atoms with Crippen molar-refractivity contribution in [2.24, 2.45) is 0 Å². The van der Waals surface area contributed by atoms with Gasteiger partial charge in [-0.15, -0.1) is 0 Å². The molecule has 0 aliphatic heterocycles. The number of halogens is 1. The Kier molecular flexibility index (Phi) is 4.90. The van der Waals surface area contributed by atoms with Gasteiger partial charge in [-0.25, -0.2) is 17.8 Å². The van der Waals surface area contributed by atoms with Crippen LogP contribution in [-0.2, 0) is 16.4 Å². The van der Waals surface area contributed by atoms with E-state index in [2.05, 4.69) is 15.4 Å². The molecule has 30 heavy (non-hydrogen) atoms. The van der Waals surface area contributed by atoms with Crippen molar-refractivity contribution in [3.63, 3.8) is 0 Å². The summed E-state index contributed by atoms with van der Waals surface area (Å²) in [6, 6.07) is 12.6. The second kappa shape index (κ2) is 7.42. The average Bonchev–Trinajstić information content (AvgIpc) is 3.04. The Bertz CT molecular complexity index is 1370. The van der Waals surface area contributed by atoms with E-state index in [0.29, 0.717) is 34.8 Å². The molecule has 0 saturated carbocycles. The summed E-state index contributed by atoms with van der Waals surface area (Å²) in [5, 5.41) is 17.2. The minimum absolute atomic E-state index is 0.258. The third-order valence-electron chi connectivity index (χ3n) is 4.73. The summed E-state index contributed by atoms with van der Waals surface area (Å²) in [5.41, 5.74) is 3.21. The van der Waals surface area contributed by atoms with Crippen LogP contribution < -0.4 is 5.32 Å². The van der Waals surface area contributed by atoms with E-state index in [1.54, 1.807) is 48.0 Å². The number of aryl methyl sites for hydroxylation is 1. The maximum Gasteiger partial charge on any atom is 0.175 e. The van der Waals surface area contributed by atoms with E-state index in [9.17, 15) is 17.9 Å². The van der Waals surface area contributed by atoms with Crippen molar-refractivity contribution in [1.82, 2.24) is 14.6 Å². The lowest BCUT2D eigenvalue weighted by molar-refractivity contribution is 0.432. The normalized spacial score (nSPS) is 11.7. The Morgan fingerprint density at radius 2 is 1.97 bits per heavy atom. The Labute approximate surface area is 172 Å². The second-order valence-electron chi connectivity index (χ2n) is 6.97. The predicted molar refractivity (Wildman–Crippen MR) is 112 cm³/mol. The number of hydrogen-bond donors (Lipinski definition) is 2. The molecule has 2 heterocycles. The molecule has 4 rings (SSSR count). The molecule has 154 valence electrons. The SMILES string of the molecule is Cc1nn2c(NCc3cccc(S(C)(=O)=O)c3)ccnc2c1-c1ccc(O)c(F)c1. The van der Waals surface area contributed by atoms with Crippen LogP contribution in [0.25, 0.3) is 16.8 Å². The van der Waals surface area contributed by atoms with Gasteiger partial charge in [-0.3, -0.25) is 0 Å². The quantitative estimate of drug-likeness (QED) is 0.507. The molecule has 0 amide bonds. The summed E-state index contributed by atoms with van der Waals surface area (Å²) in [4.78, 5) is 4.65. The Morgan fingerprint density at radius 1 is 1.17 bits per heavy atom. The first-order chi connectivity index (χ1) is 14.2. The molecule has 0 unspecified atom stereocenters. The predicted octanol–water partition coefficient (Wildman–Crippen LogP) is 3.57. The van der Waals surface area contributed by atoms with Crippen molar-refractivity contribution in [3.8, 4) is 16.9 Å². The fourth-order valence-electron chi connectivity index (χ4n) is 3.26. The van der Waals surface area contributed by atoms with Crippen LogP contribution in [0.15, 0.2) is 59.6 Å². The maximum absolute atomic E-state index is 13.9. The van der Waals surface area contributed by atoms with Gasteiger partial charge in [-0.2, -0.15) is 9.61 Å². The molecule has 4 aromatic rings. The number of aromatic hydroxyl groups is 1. The van der Waals surface area contributed by atoms with Gasteiger partial charge in [0.25, 0.3) is 0 Å². The summed E-state index contributed by atoms with van der Waals surface area (Å²) in [7, 11) is -3.29. The van der Waals surface area contributed by atoms with Crippen LogP contribution in [0.2, 0.25) is 0 Å². The van der Waals surface area contributed by atoms with Gasteiger partial charge in [-0.1, -0.05) is 18.2 Å². The number of benzene rings is 2. The summed E-state index contributed by atoms with van der Waals surface area (Å²) in [6.07, 6.45) is 2.79. The summed E-state index contributed by atoms with van der Waals surface area (Å²) < 4.78 is 39.0. The fraction of sp³-hybridized carbons (Fsp3) is 0.143. The molecule has 0 fully saturated rings. The first kappa shape index (κ1) is 19.8. The molecule has 7 nitrogen and oxygen atoms in total. The number of phenolic OH excluding ortho intramolecular Hbond substituents is 1. The van der Waals surface area contributed by atoms with Crippen molar-refractivity contribution in [1.29, 1.82) is 0 Å². The van der Waals surface area contributed by atoms with E-state index in [1.165, 1.54) is 18.4 Å². The highest BCUT2D eigenvalue weighted by Crippen LogP contribution is 2.31. The standard InChI is InChI=1S/C21H19FN4O3S/c1-13-20(15-6-7-18(27)17(22)11-15)21-23-9-8-19(26(21)25-13)24-12-14-4-3-5-16(10-14)30(2,28)29/h3-11,24,27H,12H2,1-2H3. The maximum atomic E-state index is 13.9. The van der Waals surface area contributed by atoms with Gasteiger partial charge in [0, 0.05) is 24.6 Å². The van der Waals surface area contributed by atoms with Crippen molar-refractivity contribution in [2.45, 2.75) is 18.4 Å². The van der Waals surface area contributed by atoms with Crippen molar-refractivity contribution >= 4 is 21.3 Å². The van der Waals surface area contributed by atoms with Crippen LogP contribution in [0.1, 0.15) is 11.3 Å². The zero-order valence-corrected chi connectivity index (χ0v) is 17.1. The van der Waals surface area contributed by atoms with Crippen LogP contribution in [0.3, 0.4) is 0 Å². The Morgan fingerprint density at radius 3 is 2.70 bits per heavy atom. The van der Waals surface area contributed by atoms with Crippen LogP contribution in [0.4, 0.5) is 10.2 Å². The molecular formula is C21H19FN4O3S. The third kappa shape index (κ3) is 3.71.